The van der Waals surface area contributed by atoms with Crippen molar-refractivity contribution in [2.24, 2.45) is 0 Å². The molecule has 0 aliphatic rings. The summed E-state index contributed by atoms with van der Waals surface area (Å²) in [5.41, 5.74) is 2.64. The average molecular weight is 387 g/mol. The normalized spacial score (nSPS) is 12.3. The van der Waals surface area contributed by atoms with E-state index in [0.29, 0.717) is 11.6 Å². The number of hydrogen-bond donors (Lipinski definition) is 1. The van der Waals surface area contributed by atoms with E-state index in [-0.39, 0.29) is 11.6 Å². The van der Waals surface area contributed by atoms with Crippen LogP contribution in [0.1, 0.15) is 31.9 Å². The van der Waals surface area contributed by atoms with Gasteiger partial charge in [0.25, 0.3) is 5.56 Å². The van der Waals surface area contributed by atoms with Crippen molar-refractivity contribution >= 4 is 38.6 Å². The van der Waals surface area contributed by atoms with Crippen LogP contribution in [0, 0.1) is 6.92 Å². The molecule has 0 aliphatic carbocycles. The van der Waals surface area contributed by atoms with Gasteiger partial charge in [-0.2, -0.15) is 4.98 Å². The Labute approximate surface area is 148 Å². The molecule has 1 N–H and O–H groups in total. The molecule has 1 atom stereocenters. The molecule has 0 bridgehead atoms. The Balaban J connectivity index is 2.06. The molecule has 0 fully saturated rings. The third-order valence-electron chi connectivity index (χ3n) is 4.11. The zero-order valence-electron chi connectivity index (χ0n) is 13.9. The molecule has 24 heavy (non-hydrogen) atoms. The number of benzene rings is 1. The SMILES string of the molecule is CCC(C)n1c(=O)ccc2cnc(Nc3ccc(Br)c(C)c3)nc21. The molecule has 0 spiro atoms. The minimum atomic E-state index is -0.0408. The van der Waals surface area contributed by atoms with Gasteiger partial charge >= 0.3 is 0 Å². The largest absolute Gasteiger partial charge is 0.324 e. The highest BCUT2D eigenvalue weighted by Gasteiger charge is 2.11. The molecule has 0 aliphatic heterocycles. The molecular formula is C18H19BrN4O. The van der Waals surface area contributed by atoms with Crippen molar-refractivity contribution in [3.05, 3.63) is 56.9 Å². The van der Waals surface area contributed by atoms with E-state index in [9.17, 15) is 4.79 Å². The number of aromatic nitrogens is 3. The molecule has 0 saturated carbocycles. The standard InChI is InChI=1S/C18H19BrN4O/c1-4-12(3)23-16(24)8-5-13-10-20-18(22-17(13)23)21-14-6-7-15(19)11(2)9-14/h5-10,12H,4H2,1-3H3,(H,20,21,22). The Morgan fingerprint density at radius 1 is 1.29 bits per heavy atom. The van der Waals surface area contributed by atoms with Crippen molar-refractivity contribution in [3.8, 4) is 0 Å². The van der Waals surface area contributed by atoms with Crippen LogP contribution in [0.3, 0.4) is 0 Å². The number of hydrogen-bond acceptors (Lipinski definition) is 4. The number of pyridine rings is 1. The number of nitrogens with one attached hydrogen (secondary N) is 1. The Kier molecular flexibility index (Phi) is 4.66. The van der Waals surface area contributed by atoms with Crippen molar-refractivity contribution in [3.63, 3.8) is 0 Å². The van der Waals surface area contributed by atoms with E-state index in [0.717, 1.165) is 27.5 Å². The molecule has 2 heterocycles. The lowest BCUT2D eigenvalue weighted by Crippen LogP contribution is -2.23. The van der Waals surface area contributed by atoms with E-state index in [4.69, 9.17) is 0 Å². The number of anilines is 2. The van der Waals surface area contributed by atoms with E-state index in [1.165, 1.54) is 0 Å². The summed E-state index contributed by atoms with van der Waals surface area (Å²) in [6.45, 7) is 6.10. The lowest BCUT2D eigenvalue weighted by atomic mass is 10.2. The van der Waals surface area contributed by atoms with Gasteiger partial charge in [-0.1, -0.05) is 22.9 Å². The predicted octanol–water partition coefficient (Wildman–Crippen LogP) is 4.58. The molecule has 3 aromatic rings. The van der Waals surface area contributed by atoms with E-state index in [1.807, 2.05) is 32.0 Å². The van der Waals surface area contributed by atoms with Gasteiger partial charge in [0.15, 0.2) is 0 Å². The summed E-state index contributed by atoms with van der Waals surface area (Å²) >= 11 is 3.49. The number of rotatable bonds is 4. The summed E-state index contributed by atoms with van der Waals surface area (Å²) in [6, 6.07) is 9.38. The minimum Gasteiger partial charge on any atom is -0.324 e. The van der Waals surface area contributed by atoms with Crippen molar-refractivity contribution in [2.75, 3.05) is 5.32 Å². The first-order valence-electron chi connectivity index (χ1n) is 7.91. The van der Waals surface area contributed by atoms with Crippen LogP contribution < -0.4 is 10.9 Å². The van der Waals surface area contributed by atoms with Gasteiger partial charge in [-0.05, 0) is 50.1 Å². The van der Waals surface area contributed by atoms with Gasteiger partial charge in [-0.25, -0.2) is 4.98 Å². The lowest BCUT2D eigenvalue weighted by molar-refractivity contribution is 0.528. The maximum atomic E-state index is 12.3. The predicted molar refractivity (Wildman–Crippen MR) is 101 cm³/mol. The number of fused-ring (bicyclic) bond motifs is 1. The summed E-state index contributed by atoms with van der Waals surface area (Å²) < 4.78 is 2.78. The Morgan fingerprint density at radius 3 is 2.79 bits per heavy atom. The second-order valence-corrected chi connectivity index (χ2v) is 6.71. The molecule has 1 unspecified atom stereocenters. The number of halogens is 1. The maximum absolute atomic E-state index is 12.3. The van der Waals surface area contributed by atoms with Crippen LogP contribution >= 0.6 is 15.9 Å². The van der Waals surface area contributed by atoms with Gasteiger partial charge in [-0.15, -0.1) is 0 Å². The van der Waals surface area contributed by atoms with Gasteiger partial charge in [0.2, 0.25) is 5.95 Å². The van der Waals surface area contributed by atoms with E-state index in [1.54, 1.807) is 22.9 Å². The monoisotopic (exact) mass is 386 g/mol. The van der Waals surface area contributed by atoms with Crippen LogP contribution in [0.15, 0.2) is 45.8 Å². The molecule has 3 rings (SSSR count). The van der Waals surface area contributed by atoms with E-state index in [2.05, 4.69) is 38.1 Å². The molecule has 0 amide bonds. The first kappa shape index (κ1) is 16.6. The fourth-order valence-corrected chi connectivity index (χ4v) is 2.81. The van der Waals surface area contributed by atoms with Crippen molar-refractivity contribution < 1.29 is 0 Å². The van der Waals surface area contributed by atoms with Crippen LogP contribution in [-0.4, -0.2) is 14.5 Å². The first-order chi connectivity index (χ1) is 11.5. The molecule has 5 nitrogen and oxygen atoms in total. The zero-order chi connectivity index (χ0) is 17.3. The fraction of sp³-hybridized carbons (Fsp3) is 0.278. The van der Waals surface area contributed by atoms with Gasteiger partial charge in [-0.3, -0.25) is 9.36 Å². The summed E-state index contributed by atoms with van der Waals surface area (Å²) in [4.78, 5) is 21.2. The van der Waals surface area contributed by atoms with E-state index >= 15 is 0 Å². The summed E-state index contributed by atoms with van der Waals surface area (Å²) in [6.07, 6.45) is 2.60. The molecule has 0 saturated heterocycles. The quantitative estimate of drug-likeness (QED) is 0.712. The Bertz CT molecular complexity index is 951. The lowest BCUT2D eigenvalue weighted by Gasteiger charge is -2.16. The molecule has 0 radical (unpaired) electrons. The molecule has 2 aromatic heterocycles. The van der Waals surface area contributed by atoms with Crippen molar-refractivity contribution in [2.45, 2.75) is 33.2 Å². The second kappa shape index (κ2) is 6.73. The Hall–Kier alpha value is -2.21. The van der Waals surface area contributed by atoms with Crippen LogP contribution in [0.25, 0.3) is 11.0 Å². The third kappa shape index (κ3) is 3.19. The van der Waals surface area contributed by atoms with Crippen LogP contribution in [0.4, 0.5) is 11.6 Å². The third-order valence-corrected chi connectivity index (χ3v) is 5.00. The molecule has 1 aromatic carbocycles. The number of nitrogens with zero attached hydrogens (tertiary/aromatic N) is 3. The molecule has 6 heteroatoms. The summed E-state index contributed by atoms with van der Waals surface area (Å²) in [7, 11) is 0. The number of aryl methyl sites for hydroxylation is 1. The maximum Gasteiger partial charge on any atom is 0.252 e. The highest BCUT2D eigenvalue weighted by atomic mass is 79.9. The second-order valence-electron chi connectivity index (χ2n) is 5.86. The van der Waals surface area contributed by atoms with Crippen LogP contribution in [0.5, 0.6) is 0 Å². The highest BCUT2D eigenvalue weighted by Crippen LogP contribution is 2.23. The molecule has 124 valence electrons. The smallest absolute Gasteiger partial charge is 0.252 e. The van der Waals surface area contributed by atoms with Gasteiger partial charge < -0.3 is 5.32 Å². The topological polar surface area (TPSA) is 59.8 Å². The van der Waals surface area contributed by atoms with Crippen LogP contribution in [0.2, 0.25) is 0 Å². The van der Waals surface area contributed by atoms with Gasteiger partial charge in [0.05, 0.1) is 0 Å². The first-order valence-corrected chi connectivity index (χ1v) is 8.70. The minimum absolute atomic E-state index is 0.0408. The average Bonchev–Trinajstić information content (AvgIpc) is 2.57. The van der Waals surface area contributed by atoms with E-state index < -0.39 is 0 Å². The highest BCUT2D eigenvalue weighted by molar-refractivity contribution is 9.10. The van der Waals surface area contributed by atoms with Crippen LogP contribution in [-0.2, 0) is 0 Å². The molecular weight excluding hydrogens is 368 g/mol. The Morgan fingerprint density at radius 2 is 2.08 bits per heavy atom. The zero-order valence-corrected chi connectivity index (χ0v) is 15.5. The summed E-state index contributed by atoms with van der Waals surface area (Å²) in [5, 5.41) is 4.06. The fourth-order valence-electron chi connectivity index (χ4n) is 2.56. The van der Waals surface area contributed by atoms with Crippen molar-refractivity contribution in [1.82, 2.24) is 14.5 Å². The van der Waals surface area contributed by atoms with Gasteiger partial charge in [0, 0.05) is 33.9 Å². The summed E-state index contributed by atoms with van der Waals surface area (Å²) in [5.74, 6) is 0.479. The van der Waals surface area contributed by atoms with Crippen molar-refractivity contribution in [1.29, 1.82) is 0 Å². The van der Waals surface area contributed by atoms with Gasteiger partial charge in [0.1, 0.15) is 5.65 Å².